The molecule has 0 fully saturated rings. The van der Waals surface area contributed by atoms with E-state index in [9.17, 15) is 4.79 Å². The number of hydrogen-bond donors (Lipinski definition) is 2. The van der Waals surface area contributed by atoms with E-state index in [4.69, 9.17) is 22.7 Å². The first-order valence-electron chi connectivity index (χ1n) is 5.96. The highest BCUT2D eigenvalue weighted by atomic mass is 32.1. The molecule has 0 aromatic heterocycles. The van der Waals surface area contributed by atoms with Crippen molar-refractivity contribution in [2.75, 3.05) is 13.2 Å². The molecule has 1 aromatic carbocycles. The van der Waals surface area contributed by atoms with Crippen molar-refractivity contribution in [2.24, 2.45) is 5.73 Å². The fraction of sp³-hybridized carbons (Fsp3) is 0.385. The first-order valence-corrected chi connectivity index (χ1v) is 6.37. The molecule has 0 aliphatic carbocycles. The van der Waals surface area contributed by atoms with Gasteiger partial charge in [-0.15, -0.1) is 0 Å². The maximum absolute atomic E-state index is 12.0. The Morgan fingerprint density at radius 2 is 2.28 bits per heavy atom. The van der Waals surface area contributed by atoms with Gasteiger partial charge in [0.15, 0.2) is 0 Å². The van der Waals surface area contributed by atoms with Crippen molar-refractivity contribution in [3.63, 3.8) is 0 Å². The van der Waals surface area contributed by atoms with Gasteiger partial charge < -0.3 is 15.8 Å². The molecule has 1 amide bonds. The van der Waals surface area contributed by atoms with Gasteiger partial charge in [0.05, 0.1) is 4.99 Å². The van der Waals surface area contributed by atoms with E-state index in [1.54, 1.807) is 0 Å². The number of nitrogens with two attached hydrogens (primary N) is 1. The summed E-state index contributed by atoms with van der Waals surface area (Å²) >= 11 is 4.78. The van der Waals surface area contributed by atoms with Crippen LogP contribution in [-0.2, 0) is 4.79 Å². The minimum absolute atomic E-state index is 0.00268. The average Bonchev–Trinajstić information content (AvgIpc) is 2.78. The zero-order chi connectivity index (χ0) is 13.0. The molecule has 2 rings (SSSR count). The van der Waals surface area contributed by atoms with Gasteiger partial charge in [0.25, 0.3) is 0 Å². The lowest BCUT2D eigenvalue weighted by molar-refractivity contribution is -0.122. The van der Waals surface area contributed by atoms with Crippen molar-refractivity contribution >= 4 is 23.1 Å². The van der Waals surface area contributed by atoms with Crippen LogP contribution in [0.5, 0.6) is 5.75 Å². The Morgan fingerprint density at radius 1 is 1.50 bits per heavy atom. The van der Waals surface area contributed by atoms with Gasteiger partial charge >= 0.3 is 0 Å². The number of amides is 1. The highest BCUT2D eigenvalue weighted by Crippen LogP contribution is 2.33. The predicted octanol–water partition coefficient (Wildman–Crippen LogP) is 1.35. The molecule has 0 spiro atoms. The van der Waals surface area contributed by atoms with Crippen LogP contribution in [0.3, 0.4) is 0 Å². The molecule has 0 saturated heterocycles. The number of carbonyl (C=O) groups is 1. The Bertz CT molecular complexity index is 462. The van der Waals surface area contributed by atoms with E-state index in [1.165, 1.54) is 0 Å². The maximum atomic E-state index is 12.0. The second-order valence-electron chi connectivity index (χ2n) is 4.26. The van der Waals surface area contributed by atoms with Crippen LogP contribution in [0.2, 0.25) is 0 Å². The van der Waals surface area contributed by atoms with Crippen molar-refractivity contribution in [3.05, 3.63) is 29.8 Å². The number of thiocarbonyl (C=S) groups is 1. The van der Waals surface area contributed by atoms with Crippen LogP contribution in [0.25, 0.3) is 0 Å². The molecule has 1 aromatic rings. The molecular weight excluding hydrogens is 248 g/mol. The van der Waals surface area contributed by atoms with Crippen LogP contribution in [0, 0.1) is 0 Å². The van der Waals surface area contributed by atoms with E-state index in [1.807, 2.05) is 24.3 Å². The quantitative estimate of drug-likeness (QED) is 0.622. The lowest BCUT2D eigenvalue weighted by Gasteiger charge is -2.09. The zero-order valence-corrected chi connectivity index (χ0v) is 10.8. The number of rotatable bonds is 5. The van der Waals surface area contributed by atoms with Crippen LogP contribution in [0.1, 0.15) is 24.3 Å². The third-order valence-corrected chi connectivity index (χ3v) is 3.12. The molecule has 0 saturated carbocycles. The number of benzene rings is 1. The van der Waals surface area contributed by atoms with Crippen LogP contribution in [-0.4, -0.2) is 24.0 Å². The third kappa shape index (κ3) is 2.98. The standard InChI is InChI=1S/C13H16N2O2S/c14-12(18)6-3-7-15-13(16)10-8-17-11-5-2-1-4-9(10)11/h1-2,4-5,10H,3,6-8H2,(H2,14,18)(H,15,16). The number of hydrogen-bond acceptors (Lipinski definition) is 3. The molecule has 3 N–H and O–H groups in total. The van der Waals surface area contributed by atoms with Gasteiger partial charge in [0, 0.05) is 12.1 Å². The first-order chi connectivity index (χ1) is 8.68. The first kappa shape index (κ1) is 12.8. The van der Waals surface area contributed by atoms with Gasteiger partial charge in [-0.2, -0.15) is 0 Å². The molecule has 5 heteroatoms. The molecule has 18 heavy (non-hydrogen) atoms. The summed E-state index contributed by atoms with van der Waals surface area (Å²) in [6.07, 6.45) is 1.43. The lowest BCUT2D eigenvalue weighted by Crippen LogP contribution is -2.31. The van der Waals surface area contributed by atoms with Crippen LogP contribution in [0.4, 0.5) is 0 Å². The fourth-order valence-electron chi connectivity index (χ4n) is 1.98. The van der Waals surface area contributed by atoms with Gasteiger partial charge in [0.1, 0.15) is 18.3 Å². The molecule has 0 bridgehead atoms. The summed E-state index contributed by atoms with van der Waals surface area (Å²) in [6, 6.07) is 7.64. The molecule has 96 valence electrons. The number of carbonyl (C=O) groups excluding carboxylic acids is 1. The summed E-state index contributed by atoms with van der Waals surface area (Å²) in [6.45, 7) is 1.01. The maximum Gasteiger partial charge on any atom is 0.231 e. The fourth-order valence-corrected chi connectivity index (χ4v) is 2.12. The van der Waals surface area contributed by atoms with Gasteiger partial charge in [-0.25, -0.2) is 0 Å². The molecule has 1 aliphatic rings. The Morgan fingerprint density at radius 3 is 3.06 bits per heavy atom. The van der Waals surface area contributed by atoms with E-state index >= 15 is 0 Å². The average molecular weight is 264 g/mol. The summed E-state index contributed by atoms with van der Waals surface area (Å²) in [7, 11) is 0. The lowest BCUT2D eigenvalue weighted by atomic mass is 10.0. The van der Waals surface area contributed by atoms with Gasteiger partial charge in [-0.05, 0) is 18.9 Å². The van der Waals surface area contributed by atoms with E-state index in [-0.39, 0.29) is 11.8 Å². The highest BCUT2D eigenvalue weighted by molar-refractivity contribution is 7.80. The summed E-state index contributed by atoms with van der Waals surface area (Å²) in [5.74, 6) is 0.606. The normalized spacial score (nSPS) is 16.8. The summed E-state index contributed by atoms with van der Waals surface area (Å²) in [5.41, 5.74) is 6.36. The molecule has 4 nitrogen and oxygen atoms in total. The monoisotopic (exact) mass is 264 g/mol. The summed E-state index contributed by atoms with van der Waals surface area (Å²) in [5, 5.41) is 2.89. The number of para-hydroxylation sites is 1. The van der Waals surface area contributed by atoms with Crippen molar-refractivity contribution in [2.45, 2.75) is 18.8 Å². The molecule has 1 atom stereocenters. The van der Waals surface area contributed by atoms with Gasteiger partial charge in [0.2, 0.25) is 5.91 Å². The topological polar surface area (TPSA) is 64.3 Å². The van der Waals surface area contributed by atoms with Crippen molar-refractivity contribution in [1.29, 1.82) is 0 Å². The van der Waals surface area contributed by atoms with E-state index in [0.29, 0.717) is 24.6 Å². The Kier molecular flexibility index (Phi) is 4.15. The van der Waals surface area contributed by atoms with Crippen molar-refractivity contribution in [3.8, 4) is 5.75 Å². The second kappa shape index (κ2) is 5.82. The third-order valence-electron chi connectivity index (χ3n) is 2.92. The SMILES string of the molecule is NC(=S)CCCNC(=O)C1COc2ccccc21. The van der Waals surface area contributed by atoms with Crippen molar-refractivity contribution in [1.82, 2.24) is 5.32 Å². The smallest absolute Gasteiger partial charge is 0.231 e. The summed E-state index contributed by atoms with van der Waals surface area (Å²) < 4.78 is 5.48. The van der Waals surface area contributed by atoms with E-state index in [2.05, 4.69) is 5.32 Å². The molecule has 1 heterocycles. The second-order valence-corrected chi connectivity index (χ2v) is 4.79. The molecule has 1 unspecified atom stereocenters. The Balaban J connectivity index is 1.86. The minimum atomic E-state index is -0.203. The van der Waals surface area contributed by atoms with E-state index in [0.717, 1.165) is 17.7 Å². The van der Waals surface area contributed by atoms with Crippen LogP contribution >= 0.6 is 12.2 Å². The predicted molar refractivity (Wildman–Crippen MR) is 73.7 cm³/mol. The van der Waals surface area contributed by atoms with Crippen LogP contribution in [0.15, 0.2) is 24.3 Å². The minimum Gasteiger partial charge on any atom is -0.492 e. The zero-order valence-electron chi connectivity index (χ0n) is 10.0. The highest BCUT2D eigenvalue weighted by Gasteiger charge is 2.29. The Hall–Kier alpha value is -1.62. The number of fused-ring (bicyclic) bond motifs is 1. The van der Waals surface area contributed by atoms with Gasteiger partial charge in [-0.3, -0.25) is 4.79 Å². The number of ether oxygens (including phenoxy) is 1. The molecule has 1 aliphatic heterocycles. The molecular formula is C13H16N2O2S. The molecule has 0 radical (unpaired) electrons. The Labute approximate surface area is 112 Å². The van der Waals surface area contributed by atoms with E-state index < -0.39 is 0 Å². The largest absolute Gasteiger partial charge is 0.492 e. The van der Waals surface area contributed by atoms with Gasteiger partial charge in [-0.1, -0.05) is 30.4 Å². The van der Waals surface area contributed by atoms with Crippen LogP contribution < -0.4 is 15.8 Å². The van der Waals surface area contributed by atoms with Crippen molar-refractivity contribution < 1.29 is 9.53 Å². The number of nitrogens with one attached hydrogen (secondary N) is 1. The summed E-state index contributed by atoms with van der Waals surface area (Å²) in [4.78, 5) is 12.5.